The third-order valence-electron chi connectivity index (χ3n) is 14.1. The van der Waals surface area contributed by atoms with Crippen LogP contribution in [0.4, 0.5) is 23.0 Å². The molecule has 0 spiro atoms. The number of carbonyl (C=O) groups is 4. The lowest BCUT2D eigenvalue weighted by molar-refractivity contribution is -0.136. The first kappa shape index (κ1) is 48.6. The van der Waals surface area contributed by atoms with Crippen LogP contribution in [0.3, 0.4) is 0 Å². The summed E-state index contributed by atoms with van der Waals surface area (Å²) in [6.45, 7) is 16.9. The Labute approximate surface area is 418 Å². The van der Waals surface area contributed by atoms with Gasteiger partial charge in [-0.2, -0.15) is 0 Å². The molecule has 4 aromatic heterocycles. The van der Waals surface area contributed by atoms with E-state index in [4.69, 9.17) is 16.5 Å². The maximum atomic E-state index is 14.7. The van der Waals surface area contributed by atoms with Gasteiger partial charge in [0, 0.05) is 72.3 Å². The molecule has 1 saturated heterocycles. The highest BCUT2D eigenvalue weighted by molar-refractivity contribution is 6.09. The molecule has 1 fully saturated rings. The van der Waals surface area contributed by atoms with Crippen LogP contribution < -0.4 is 27.4 Å². The summed E-state index contributed by atoms with van der Waals surface area (Å²) < 4.78 is 4.22. The maximum Gasteiger partial charge on any atom is 0.251 e. The smallest absolute Gasteiger partial charge is 0.251 e. The van der Waals surface area contributed by atoms with Crippen molar-refractivity contribution in [1.29, 1.82) is 0 Å². The van der Waals surface area contributed by atoms with Crippen LogP contribution in [0.25, 0.3) is 61.3 Å². The monoisotopic (exact) mass is 964 g/mol. The number of amides is 4. The van der Waals surface area contributed by atoms with E-state index < -0.39 is 0 Å². The van der Waals surface area contributed by atoms with Crippen molar-refractivity contribution in [3.05, 3.63) is 127 Å². The zero-order chi connectivity index (χ0) is 51.0. The molecule has 1 unspecified atom stereocenters. The van der Waals surface area contributed by atoms with Gasteiger partial charge in [0.2, 0.25) is 11.8 Å². The summed E-state index contributed by atoms with van der Waals surface area (Å²) in [5.41, 5.74) is 24.1. The van der Waals surface area contributed by atoms with E-state index >= 15 is 0 Å². The maximum absolute atomic E-state index is 14.7. The van der Waals surface area contributed by atoms with Gasteiger partial charge >= 0.3 is 0 Å². The minimum Gasteiger partial charge on any atom is -0.383 e. The molecule has 0 saturated carbocycles. The molecule has 7 N–H and O–H groups in total. The number of hydrogen-bond acceptors (Lipinski definition) is 10. The minimum absolute atomic E-state index is 0.0573. The highest BCUT2D eigenvalue weighted by Gasteiger charge is 2.39. The summed E-state index contributed by atoms with van der Waals surface area (Å²) >= 11 is 0. The number of aromatic nitrogens is 6. The summed E-state index contributed by atoms with van der Waals surface area (Å²) in [5.74, 6) is 0.271. The molecule has 4 amide bonds. The van der Waals surface area contributed by atoms with Gasteiger partial charge in [-0.1, -0.05) is 69.5 Å². The number of rotatable bonds is 14. The Bertz CT molecular complexity index is 3310. The number of anilines is 4. The van der Waals surface area contributed by atoms with Crippen LogP contribution in [0.15, 0.2) is 116 Å². The summed E-state index contributed by atoms with van der Waals surface area (Å²) in [6.07, 6.45) is 8.99. The van der Waals surface area contributed by atoms with Gasteiger partial charge in [0.15, 0.2) is 0 Å². The van der Waals surface area contributed by atoms with Gasteiger partial charge < -0.3 is 41.5 Å². The van der Waals surface area contributed by atoms with E-state index in [1.165, 1.54) is 18.7 Å². The first-order valence-electron chi connectivity index (χ1n) is 24.3. The Balaban J connectivity index is 1.01. The fourth-order valence-corrected chi connectivity index (χ4v) is 10.2. The number of allylic oxidation sites excluding steroid dienone is 2. The lowest BCUT2D eigenvalue weighted by Crippen LogP contribution is -2.40. The predicted molar refractivity (Wildman–Crippen MR) is 285 cm³/mol. The second-order valence-corrected chi connectivity index (χ2v) is 19.3. The van der Waals surface area contributed by atoms with E-state index in [0.717, 1.165) is 56.6 Å². The molecule has 7 aromatic rings. The third-order valence-corrected chi connectivity index (χ3v) is 14.1. The normalized spacial score (nSPS) is 16.7. The van der Waals surface area contributed by atoms with Crippen molar-refractivity contribution in [3.8, 4) is 33.6 Å². The molecular weight excluding hydrogens is 905 g/mol. The van der Waals surface area contributed by atoms with Crippen molar-refractivity contribution in [3.63, 3.8) is 0 Å². The van der Waals surface area contributed by atoms with Crippen molar-refractivity contribution in [2.45, 2.75) is 66.0 Å². The number of aryl methyl sites for hydroxylation is 1. The fraction of sp³-hybridized carbons (Fsp3) is 0.286. The van der Waals surface area contributed by atoms with Crippen LogP contribution in [-0.2, 0) is 28.0 Å². The SMILES string of the molecule is C=CC(=O)Nc1ccc(-c2c(-c3ccc(C(=O)NCC(C)C)cc3)c3c(N)ncnc3n2CC2CCN(C(=O)[C@H]3CC=C(c4c(-c5ccc(NC(=O)C(=C)C)cc5)n(C)c5ncnc(N)c45)CC3)[C@H]2C)cc1. The van der Waals surface area contributed by atoms with Gasteiger partial charge in [0.05, 0.1) is 22.2 Å². The molecule has 3 atom stereocenters. The molecule has 16 heteroatoms. The van der Waals surface area contributed by atoms with Crippen molar-refractivity contribution in [1.82, 2.24) is 39.3 Å². The molecule has 0 radical (unpaired) electrons. The number of nitrogens with two attached hydrogens (primary N) is 2. The Morgan fingerprint density at radius 3 is 1.99 bits per heavy atom. The Hall–Kier alpha value is -8.40. The van der Waals surface area contributed by atoms with Gasteiger partial charge in [-0.05, 0) is 116 Å². The number of carbonyl (C=O) groups excluding carboxylic acids is 4. The average molecular weight is 965 g/mol. The lowest BCUT2D eigenvalue weighted by atomic mass is 9.84. The van der Waals surface area contributed by atoms with Gasteiger partial charge in [-0.15, -0.1) is 0 Å². The number of nitrogens with zero attached hydrogens (tertiary/aromatic N) is 7. The van der Waals surface area contributed by atoms with Crippen LogP contribution in [-0.4, -0.2) is 76.7 Å². The number of nitrogen functional groups attached to an aromatic ring is 2. The predicted octanol–water partition coefficient (Wildman–Crippen LogP) is 9.02. The molecule has 0 bridgehead atoms. The summed E-state index contributed by atoms with van der Waals surface area (Å²) in [4.78, 5) is 72.7. The topological polar surface area (TPSA) is 221 Å². The molecule has 5 heterocycles. The lowest BCUT2D eigenvalue weighted by Gasteiger charge is -2.31. The zero-order valence-corrected chi connectivity index (χ0v) is 41.3. The number of benzene rings is 3. The quantitative estimate of drug-likeness (QED) is 0.0651. The summed E-state index contributed by atoms with van der Waals surface area (Å²) in [5, 5.41) is 10.2. The highest BCUT2D eigenvalue weighted by Crippen LogP contribution is 2.46. The minimum atomic E-state index is -0.317. The Kier molecular flexibility index (Phi) is 13.6. The van der Waals surface area contributed by atoms with E-state index in [1.807, 2.05) is 89.3 Å². The van der Waals surface area contributed by atoms with E-state index in [-0.39, 0.29) is 41.5 Å². The Morgan fingerprint density at radius 2 is 1.39 bits per heavy atom. The van der Waals surface area contributed by atoms with Crippen LogP contribution in [0, 0.1) is 17.8 Å². The van der Waals surface area contributed by atoms with E-state index in [9.17, 15) is 19.2 Å². The van der Waals surface area contributed by atoms with Crippen LogP contribution >= 0.6 is 0 Å². The highest BCUT2D eigenvalue weighted by atomic mass is 16.2. The number of fused-ring (bicyclic) bond motifs is 2. The molecule has 368 valence electrons. The van der Waals surface area contributed by atoms with Gasteiger partial charge in [0.1, 0.15) is 35.6 Å². The van der Waals surface area contributed by atoms with E-state index in [0.29, 0.717) is 95.6 Å². The van der Waals surface area contributed by atoms with Crippen LogP contribution in [0.5, 0.6) is 0 Å². The third kappa shape index (κ3) is 9.34. The Morgan fingerprint density at radius 1 is 0.792 bits per heavy atom. The van der Waals surface area contributed by atoms with Gasteiger partial charge in [0.25, 0.3) is 11.8 Å². The second-order valence-electron chi connectivity index (χ2n) is 19.3. The van der Waals surface area contributed by atoms with E-state index in [2.05, 4.69) is 75.5 Å². The fourth-order valence-electron chi connectivity index (χ4n) is 10.2. The van der Waals surface area contributed by atoms with Crippen LogP contribution in [0.2, 0.25) is 0 Å². The zero-order valence-electron chi connectivity index (χ0n) is 41.3. The van der Waals surface area contributed by atoms with Crippen molar-refractivity contribution >= 4 is 74.3 Å². The molecule has 2 aliphatic rings. The molecular formula is C56H60N12O4. The molecule has 9 rings (SSSR count). The number of likely N-dealkylation sites (tertiary alicyclic amines) is 1. The van der Waals surface area contributed by atoms with Crippen molar-refractivity contribution in [2.24, 2.45) is 24.8 Å². The average Bonchev–Trinajstić information content (AvgIpc) is 4.02. The first-order valence-corrected chi connectivity index (χ1v) is 24.3. The standard InChI is InChI=1S/C56H60N12O4/c1-8-43(69)64-41-21-19-37(20-22-41)49-45(35-9-13-38(14-10-35)55(71)59-27-31(2)3)47-51(58)61-30-63-53(47)68(49)28-40-25-26-67(33(40)6)56(72)39-15-11-34(12-16-39)44-46-50(57)60-29-62-52(46)66(7)48(44)36-17-23-42(24-18-36)65-54(70)32(4)5/h8-11,13-14,17-24,29-31,33,39-40H,1,4,12,15-16,25-28H2,2-3,5-7H3,(H,59,71)(H,64,69)(H,65,70)(H2,57,60,62)(H2,58,61,63)/t33-,39-,40?/m0/s1. The largest absolute Gasteiger partial charge is 0.383 e. The first-order chi connectivity index (χ1) is 34.6. The molecule has 16 nitrogen and oxygen atoms in total. The van der Waals surface area contributed by atoms with Gasteiger partial charge in [-0.3, -0.25) is 19.2 Å². The van der Waals surface area contributed by atoms with Crippen molar-refractivity contribution in [2.75, 3.05) is 35.2 Å². The second kappa shape index (κ2) is 20.1. The molecule has 1 aliphatic heterocycles. The van der Waals surface area contributed by atoms with Crippen molar-refractivity contribution < 1.29 is 19.2 Å². The van der Waals surface area contributed by atoms with Crippen LogP contribution in [0.1, 0.15) is 69.3 Å². The molecule has 1 aliphatic carbocycles. The summed E-state index contributed by atoms with van der Waals surface area (Å²) in [7, 11) is 1.96. The van der Waals surface area contributed by atoms with E-state index in [1.54, 1.807) is 6.92 Å². The molecule has 72 heavy (non-hydrogen) atoms. The molecule has 3 aromatic carbocycles. The summed E-state index contributed by atoms with van der Waals surface area (Å²) in [6, 6.07) is 22.6. The number of hydrogen-bond donors (Lipinski definition) is 5. The number of nitrogens with one attached hydrogen (secondary N) is 3. The van der Waals surface area contributed by atoms with Gasteiger partial charge in [-0.25, -0.2) is 19.9 Å².